The Bertz CT molecular complexity index is 1510. The second-order valence-corrected chi connectivity index (χ2v) is 20.2. The van der Waals surface area contributed by atoms with E-state index in [2.05, 4.69) is 130 Å². The molecule has 0 fully saturated rings. The van der Waals surface area contributed by atoms with Crippen LogP contribution < -0.4 is 0 Å². The third kappa shape index (κ3) is 59.0. The van der Waals surface area contributed by atoms with Crippen LogP contribution in [0.1, 0.15) is 284 Å². The van der Waals surface area contributed by atoms with Gasteiger partial charge in [0.1, 0.15) is 13.2 Å². The van der Waals surface area contributed by atoms with Crippen LogP contribution in [0.15, 0.2) is 109 Å². The Morgan fingerprint density at radius 3 is 0.824 bits per heavy atom. The van der Waals surface area contributed by atoms with E-state index in [1.165, 1.54) is 122 Å². The van der Waals surface area contributed by atoms with E-state index in [0.29, 0.717) is 19.3 Å². The second-order valence-electron chi connectivity index (χ2n) is 20.2. The van der Waals surface area contributed by atoms with E-state index in [1.807, 2.05) is 0 Å². The quantitative estimate of drug-likeness (QED) is 0.0261. The molecule has 0 saturated heterocycles. The molecule has 6 heteroatoms. The minimum atomic E-state index is -0.789. The van der Waals surface area contributed by atoms with Gasteiger partial charge in [-0.05, 0) is 89.9 Å². The summed E-state index contributed by atoms with van der Waals surface area (Å²) < 4.78 is 16.8. The van der Waals surface area contributed by atoms with Crippen LogP contribution in [0, 0.1) is 0 Å². The average molecular weight is 1030 g/mol. The van der Waals surface area contributed by atoms with Gasteiger partial charge in [-0.1, -0.05) is 284 Å². The molecule has 0 aliphatic rings. The van der Waals surface area contributed by atoms with Crippen LogP contribution >= 0.6 is 0 Å². The minimum absolute atomic E-state index is 0.0853. The van der Waals surface area contributed by atoms with Gasteiger partial charge in [0.25, 0.3) is 0 Å². The van der Waals surface area contributed by atoms with Gasteiger partial charge in [0.2, 0.25) is 0 Å². The van der Waals surface area contributed by atoms with Gasteiger partial charge in [0, 0.05) is 19.3 Å². The molecule has 74 heavy (non-hydrogen) atoms. The molecule has 1 atom stereocenters. The highest BCUT2D eigenvalue weighted by molar-refractivity contribution is 5.71. The maximum atomic E-state index is 12.8. The van der Waals surface area contributed by atoms with Gasteiger partial charge in [-0.15, -0.1) is 0 Å². The fourth-order valence-corrected chi connectivity index (χ4v) is 8.44. The predicted octanol–water partition coefficient (Wildman–Crippen LogP) is 21.0. The van der Waals surface area contributed by atoms with Crippen LogP contribution in [-0.2, 0) is 28.6 Å². The number of hydrogen-bond donors (Lipinski definition) is 0. The molecular weight excluding hydrogens is 913 g/mol. The van der Waals surface area contributed by atoms with E-state index in [-0.39, 0.29) is 31.1 Å². The molecule has 0 aromatic heterocycles. The fraction of sp³-hybridized carbons (Fsp3) is 0.691. The summed E-state index contributed by atoms with van der Waals surface area (Å²) in [4.78, 5) is 38.1. The molecule has 0 saturated carbocycles. The lowest BCUT2D eigenvalue weighted by Gasteiger charge is -2.18. The Labute approximate surface area is 457 Å². The van der Waals surface area contributed by atoms with Crippen molar-refractivity contribution in [2.75, 3.05) is 13.2 Å². The normalized spacial score (nSPS) is 12.9. The molecule has 0 amide bonds. The summed E-state index contributed by atoms with van der Waals surface area (Å²) in [5.41, 5.74) is 0. The van der Waals surface area contributed by atoms with Crippen LogP contribution in [0.4, 0.5) is 0 Å². The number of ether oxygens (including phenoxy) is 3. The molecule has 0 spiro atoms. The van der Waals surface area contributed by atoms with Crippen molar-refractivity contribution >= 4 is 17.9 Å². The predicted molar refractivity (Wildman–Crippen MR) is 320 cm³/mol. The zero-order chi connectivity index (χ0) is 53.6. The Kier molecular flexibility index (Phi) is 58.3. The molecule has 0 aromatic carbocycles. The zero-order valence-electron chi connectivity index (χ0n) is 48.3. The molecule has 0 bridgehead atoms. The maximum absolute atomic E-state index is 12.8. The molecule has 0 aliphatic heterocycles. The van der Waals surface area contributed by atoms with Crippen molar-refractivity contribution in [1.29, 1.82) is 0 Å². The van der Waals surface area contributed by atoms with Gasteiger partial charge >= 0.3 is 17.9 Å². The highest BCUT2D eigenvalue weighted by Gasteiger charge is 2.19. The molecule has 1 unspecified atom stereocenters. The first-order valence-electron chi connectivity index (χ1n) is 30.9. The Morgan fingerprint density at radius 2 is 0.527 bits per heavy atom. The zero-order valence-corrected chi connectivity index (χ0v) is 48.3. The number of carbonyl (C=O) groups is 3. The lowest BCUT2D eigenvalue weighted by atomic mass is 10.0. The molecular formula is C68H114O6. The van der Waals surface area contributed by atoms with E-state index in [4.69, 9.17) is 14.2 Å². The summed E-state index contributed by atoms with van der Waals surface area (Å²) in [6.45, 7) is 6.51. The summed E-state index contributed by atoms with van der Waals surface area (Å²) >= 11 is 0. The Morgan fingerprint density at radius 1 is 0.284 bits per heavy atom. The Hall–Kier alpha value is -3.93. The summed E-state index contributed by atoms with van der Waals surface area (Å²) in [6.07, 6.45) is 83.8. The maximum Gasteiger partial charge on any atom is 0.306 e. The minimum Gasteiger partial charge on any atom is -0.462 e. The van der Waals surface area contributed by atoms with E-state index >= 15 is 0 Å². The van der Waals surface area contributed by atoms with Gasteiger partial charge in [-0.3, -0.25) is 14.4 Å². The largest absolute Gasteiger partial charge is 0.462 e. The van der Waals surface area contributed by atoms with Crippen LogP contribution in [0.3, 0.4) is 0 Å². The number of hydrogen-bond acceptors (Lipinski definition) is 6. The van der Waals surface area contributed by atoms with Crippen LogP contribution in [0.2, 0.25) is 0 Å². The van der Waals surface area contributed by atoms with Gasteiger partial charge < -0.3 is 14.2 Å². The van der Waals surface area contributed by atoms with Crippen LogP contribution in [0.5, 0.6) is 0 Å². The van der Waals surface area contributed by atoms with Crippen molar-refractivity contribution < 1.29 is 28.6 Å². The number of carbonyl (C=O) groups excluding carboxylic acids is 3. The first-order valence-corrected chi connectivity index (χ1v) is 30.9. The standard InChI is InChI=1S/C68H114O6/c1-4-7-10-13-16-19-22-25-26-27-28-29-30-31-32-33-34-35-36-37-38-39-40-41-42-44-46-49-52-55-58-61-67(70)73-64-65(63-72-66(69)60-57-54-51-48-45-24-21-18-15-12-9-6-3)74-68(71)62-59-56-53-50-47-43-23-20-17-14-11-8-5-2/h7,10,16,19,25-26,28-29,31-32,34-35,37-38,40-41,44,46,65H,4-6,8-9,11-15,17-18,20-24,27,30,33,36,39,42-43,45,47-64H2,1-3H3/b10-7-,19-16-,26-25-,29-28-,32-31-,35-34-,38-37-,41-40-,46-44-. The summed E-state index contributed by atoms with van der Waals surface area (Å²) in [5.74, 6) is -0.914. The van der Waals surface area contributed by atoms with Crippen LogP contribution in [-0.4, -0.2) is 37.2 Å². The number of rotatable bonds is 55. The molecule has 422 valence electrons. The number of allylic oxidation sites excluding steroid dienone is 18. The first-order chi connectivity index (χ1) is 36.5. The third-order valence-corrected chi connectivity index (χ3v) is 13.0. The number of esters is 3. The van der Waals surface area contributed by atoms with Gasteiger partial charge in [-0.25, -0.2) is 0 Å². The monoisotopic (exact) mass is 1030 g/mol. The molecule has 0 rings (SSSR count). The van der Waals surface area contributed by atoms with Crippen molar-refractivity contribution in [2.24, 2.45) is 0 Å². The highest BCUT2D eigenvalue weighted by atomic mass is 16.6. The summed E-state index contributed by atoms with van der Waals surface area (Å²) in [6, 6.07) is 0. The van der Waals surface area contributed by atoms with Crippen molar-refractivity contribution in [3.05, 3.63) is 109 Å². The van der Waals surface area contributed by atoms with E-state index in [1.54, 1.807) is 0 Å². The van der Waals surface area contributed by atoms with Crippen molar-refractivity contribution in [3.8, 4) is 0 Å². The fourth-order valence-electron chi connectivity index (χ4n) is 8.44. The van der Waals surface area contributed by atoms with Crippen molar-refractivity contribution in [2.45, 2.75) is 290 Å². The lowest BCUT2D eigenvalue weighted by molar-refractivity contribution is -0.167. The molecule has 0 radical (unpaired) electrons. The molecule has 0 aromatic rings. The smallest absolute Gasteiger partial charge is 0.306 e. The molecule has 6 nitrogen and oxygen atoms in total. The van der Waals surface area contributed by atoms with Gasteiger partial charge in [-0.2, -0.15) is 0 Å². The highest BCUT2D eigenvalue weighted by Crippen LogP contribution is 2.16. The summed E-state index contributed by atoms with van der Waals surface area (Å²) in [5, 5.41) is 0. The molecule has 0 heterocycles. The van der Waals surface area contributed by atoms with E-state index < -0.39 is 6.10 Å². The third-order valence-electron chi connectivity index (χ3n) is 13.0. The lowest BCUT2D eigenvalue weighted by Crippen LogP contribution is -2.30. The average Bonchev–Trinajstić information content (AvgIpc) is 3.40. The topological polar surface area (TPSA) is 78.9 Å². The Balaban J connectivity index is 4.32. The van der Waals surface area contributed by atoms with Gasteiger partial charge in [0.15, 0.2) is 6.10 Å². The van der Waals surface area contributed by atoms with E-state index in [9.17, 15) is 14.4 Å². The SMILES string of the molecule is CC/C=C\C/C=C\C/C=C\C/C=C\C/C=C\C/C=C\C/C=C\C/C=C\C/C=C\CCCCCC(=O)OCC(COC(=O)CCCCCCCCCCCCCC)OC(=O)CCCCCCCCCCCCCCC. The van der Waals surface area contributed by atoms with Crippen molar-refractivity contribution in [1.82, 2.24) is 0 Å². The second kappa shape index (κ2) is 61.6. The van der Waals surface area contributed by atoms with Crippen LogP contribution in [0.25, 0.3) is 0 Å². The van der Waals surface area contributed by atoms with Crippen molar-refractivity contribution in [3.63, 3.8) is 0 Å². The summed E-state index contributed by atoms with van der Waals surface area (Å²) in [7, 11) is 0. The molecule has 0 N–H and O–H groups in total. The van der Waals surface area contributed by atoms with E-state index in [0.717, 1.165) is 122 Å². The molecule has 0 aliphatic carbocycles. The first kappa shape index (κ1) is 70.1. The van der Waals surface area contributed by atoms with Gasteiger partial charge in [0.05, 0.1) is 0 Å². The number of unbranched alkanes of at least 4 members (excludes halogenated alkanes) is 26.